The summed E-state index contributed by atoms with van der Waals surface area (Å²) in [5, 5.41) is 48.2. The van der Waals surface area contributed by atoms with Gasteiger partial charge in [-0.2, -0.15) is 5.26 Å². The quantitative estimate of drug-likeness (QED) is 0.0834. The molecule has 0 spiro atoms. The van der Waals surface area contributed by atoms with Gasteiger partial charge in [-0.15, -0.1) is 0 Å². The van der Waals surface area contributed by atoms with Crippen molar-refractivity contribution in [3.8, 4) is 6.07 Å². The van der Waals surface area contributed by atoms with Crippen LogP contribution >= 0.6 is 0 Å². The number of benzene rings is 1. The predicted octanol–water partition coefficient (Wildman–Crippen LogP) is -1.00. The number of fused-ring (bicyclic) bond motifs is 1. The molecule has 0 radical (unpaired) electrons. The predicted molar refractivity (Wildman–Crippen MR) is 209 cm³/mol. The number of nitrogens with one attached hydrogen (secondary N) is 4. The molecule has 2 aromatic rings. The average Bonchev–Trinajstić information content (AvgIpc) is 3.57. The van der Waals surface area contributed by atoms with E-state index in [1.54, 1.807) is 20.8 Å². The van der Waals surface area contributed by atoms with Gasteiger partial charge in [0.25, 0.3) is 11.8 Å². The summed E-state index contributed by atoms with van der Waals surface area (Å²) in [6.07, 6.45) is -0.144. The highest BCUT2D eigenvalue weighted by Gasteiger charge is 2.47. The number of likely N-dealkylation sites (tertiary alicyclic amines) is 1. The van der Waals surface area contributed by atoms with Crippen LogP contribution in [-0.4, -0.2) is 184 Å². The zero-order chi connectivity index (χ0) is 44.7. The standard InChI is InChI=1S/C38H48F2N10O11/c39-38(40)18-25(19-41)50(23-38)33(54)20-45-36(59)26-7-8-42-28-2-1-24(17-27(26)28)46-32(53)6-5-31(52)44-10-9-43-30(51)4-3-29(37(60)61)49-15-13-47(21-34(55)56)11-12-48(14-16-49)22-35(57)58/h1-2,7-8,17,25,29H,3-6,9-16,18,20-23H2,(H,43,51)(H,44,52)(H,45,59)(H,46,53)(H,55,56)(H,57,58)(H,60,61)/t25-,29+/m0/s1. The summed E-state index contributed by atoms with van der Waals surface area (Å²) >= 11 is 0. The molecule has 330 valence electrons. The maximum atomic E-state index is 13.8. The summed E-state index contributed by atoms with van der Waals surface area (Å²) < 4.78 is 27.5. The average molecular weight is 859 g/mol. The molecule has 4 rings (SSSR count). The van der Waals surface area contributed by atoms with Gasteiger partial charge in [-0.1, -0.05) is 0 Å². The highest BCUT2D eigenvalue weighted by atomic mass is 19.3. The van der Waals surface area contributed by atoms with Crippen molar-refractivity contribution < 1.29 is 62.5 Å². The van der Waals surface area contributed by atoms with Crippen molar-refractivity contribution >= 4 is 64.0 Å². The van der Waals surface area contributed by atoms with Gasteiger partial charge in [0.05, 0.1) is 43.3 Å². The minimum absolute atomic E-state index is 0.0102. The summed E-state index contributed by atoms with van der Waals surface area (Å²) in [7, 11) is 0. The van der Waals surface area contributed by atoms with Crippen LogP contribution in [0.5, 0.6) is 0 Å². The Labute approximate surface area is 348 Å². The normalized spacial score (nSPS) is 17.8. The molecule has 1 aromatic heterocycles. The van der Waals surface area contributed by atoms with Crippen molar-refractivity contribution in [1.82, 2.24) is 40.5 Å². The second-order valence-electron chi connectivity index (χ2n) is 14.5. The Morgan fingerprint density at radius 1 is 0.820 bits per heavy atom. The first-order valence-electron chi connectivity index (χ1n) is 19.4. The third kappa shape index (κ3) is 15.0. The maximum Gasteiger partial charge on any atom is 0.320 e. The fraction of sp³-hybridized carbons (Fsp3) is 0.526. The molecule has 0 saturated carbocycles. The van der Waals surface area contributed by atoms with Gasteiger partial charge in [0.2, 0.25) is 23.6 Å². The first kappa shape index (κ1) is 47.3. The third-order valence-corrected chi connectivity index (χ3v) is 9.99. The van der Waals surface area contributed by atoms with Gasteiger partial charge in [0.1, 0.15) is 12.1 Å². The van der Waals surface area contributed by atoms with E-state index in [2.05, 4.69) is 26.3 Å². The van der Waals surface area contributed by atoms with E-state index >= 15 is 0 Å². The molecule has 61 heavy (non-hydrogen) atoms. The Morgan fingerprint density at radius 3 is 2.00 bits per heavy atom. The van der Waals surface area contributed by atoms with E-state index < -0.39 is 85.0 Å². The van der Waals surface area contributed by atoms with Crippen LogP contribution in [0.2, 0.25) is 0 Å². The number of carboxylic acids is 3. The van der Waals surface area contributed by atoms with Gasteiger partial charge >= 0.3 is 17.9 Å². The van der Waals surface area contributed by atoms with E-state index in [4.69, 9.17) is 5.26 Å². The van der Waals surface area contributed by atoms with Crippen molar-refractivity contribution in [1.29, 1.82) is 5.26 Å². The lowest BCUT2D eigenvalue weighted by Gasteiger charge is -2.30. The summed E-state index contributed by atoms with van der Waals surface area (Å²) in [6.45, 7) is -0.769. The number of nitriles is 1. The summed E-state index contributed by atoms with van der Waals surface area (Å²) in [4.78, 5) is 108. The molecule has 0 unspecified atom stereocenters. The number of hydrogen-bond donors (Lipinski definition) is 7. The number of aliphatic carboxylic acids is 3. The molecule has 0 aliphatic carbocycles. The van der Waals surface area contributed by atoms with E-state index in [1.165, 1.54) is 30.5 Å². The minimum atomic E-state index is -3.21. The molecule has 5 amide bonds. The zero-order valence-corrected chi connectivity index (χ0v) is 33.1. The smallest absolute Gasteiger partial charge is 0.320 e. The summed E-state index contributed by atoms with van der Waals surface area (Å²) in [5.41, 5.74) is 0.710. The fourth-order valence-corrected chi connectivity index (χ4v) is 6.90. The number of aromatic nitrogens is 1. The Kier molecular flexibility index (Phi) is 17.3. The van der Waals surface area contributed by atoms with Gasteiger partial charge in [0, 0.05) is 95.3 Å². The van der Waals surface area contributed by atoms with Crippen LogP contribution in [0.4, 0.5) is 14.5 Å². The number of carbonyl (C=O) groups excluding carboxylic acids is 5. The molecular formula is C38H48F2N10O11. The van der Waals surface area contributed by atoms with Crippen molar-refractivity contribution in [2.75, 3.05) is 83.9 Å². The first-order chi connectivity index (χ1) is 28.9. The van der Waals surface area contributed by atoms with Crippen LogP contribution in [0.15, 0.2) is 30.5 Å². The number of amides is 5. The molecule has 3 heterocycles. The van der Waals surface area contributed by atoms with Crippen molar-refractivity contribution in [3.05, 3.63) is 36.0 Å². The number of anilines is 1. The molecule has 21 nitrogen and oxygen atoms in total. The van der Waals surface area contributed by atoms with Gasteiger partial charge in [-0.25, -0.2) is 8.78 Å². The van der Waals surface area contributed by atoms with Crippen LogP contribution in [-0.2, 0) is 33.6 Å². The molecule has 1 aromatic carbocycles. The number of carbonyl (C=O) groups is 8. The number of nitrogens with zero attached hydrogens (tertiary/aromatic N) is 6. The number of rotatable bonds is 19. The van der Waals surface area contributed by atoms with Gasteiger partial charge in [0.15, 0.2) is 0 Å². The molecule has 2 aliphatic rings. The van der Waals surface area contributed by atoms with E-state index in [0.29, 0.717) is 10.9 Å². The van der Waals surface area contributed by atoms with E-state index in [0.717, 1.165) is 4.90 Å². The minimum Gasteiger partial charge on any atom is -0.480 e. The van der Waals surface area contributed by atoms with Crippen LogP contribution < -0.4 is 21.3 Å². The van der Waals surface area contributed by atoms with Gasteiger partial charge in [-0.05, 0) is 30.7 Å². The van der Waals surface area contributed by atoms with Crippen LogP contribution in [0.3, 0.4) is 0 Å². The molecule has 2 saturated heterocycles. The van der Waals surface area contributed by atoms with Crippen LogP contribution in [0, 0.1) is 11.3 Å². The van der Waals surface area contributed by atoms with E-state index in [-0.39, 0.29) is 102 Å². The second-order valence-corrected chi connectivity index (χ2v) is 14.5. The Morgan fingerprint density at radius 2 is 1.41 bits per heavy atom. The van der Waals surface area contributed by atoms with Crippen molar-refractivity contribution in [2.24, 2.45) is 0 Å². The zero-order valence-electron chi connectivity index (χ0n) is 33.1. The van der Waals surface area contributed by atoms with E-state index in [9.17, 15) is 62.5 Å². The fourth-order valence-electron chi connectivity index (χ4n) is 6.90. The topological polar surface area (TPSA) is 295 Å². The van der Waals surface area contributed by atoms with Crippen molar-refractivity contribution in [3.63, 3.8) is 0 Å². The number of pyridine rings is 1. The monoisotopic (exact) mass is 858 g/mol. The highest BCUT2D eigenvalue weighted by Crippen LogP contribution is 2.31. The Bertz CT molecular complexity index is 1990. The van der Waals surface area contributed by atoms with Crippen LogP contribution in [0.25, 0.3) is 10.9 Å². The lowest BCUT2D eigenvalue weighted by atomic mass is 10.1. The third-order valence-electron chi connectivity index (χ3n) is 9.99. The molecule has 2 fully saturated rings. The number of halogens is 2. The Balaban J connectivity index is 1.19. The summed E-state index contributed by atoms with van der Waals surface area (Å²) in [5.74, 6) is -9.64. The largest absolute Gasteiger partial charge is 0.480 e. The molecular weight excluding hydrogens is 810 g/mol. The number of carboxylic acid groups (broad SMARTS) is 3. The number of hydrogen-bond acceptors (Lipinski definition) is 13. The Hall–Kier alpha value is -6.38. The molecule has 0 bridgehead atoms. The maximum absolute atomic E-state index is 13.8. The second kappa shape index (κ2) is 22.3. The molecule has 2 aliphatic heterocycles. The summed E-state index contributed by atoms with van der Waals surface area (Å²) in [6, 6.07) is 5.14. The van der Waals surface area contributed by atoms with Crippen molar-refractivity contribution in [2.45, 2.75) is 50.1 Å². The molecule has 23 heteroatoms. The van der Waals surface area contributed by atoms with Gasteiger partial charge < -0.3 is 41.5 Å². The molecule has 2 atom stereocenters. The van der Waals surface area contributed by atoms with Crippen LogP contribution in [0.1, 0.15) is 42.5 Å². The molecule has 7 N–H and O–H groups in total. The lowest BCUT2D eigenvalue weighted by Crippen LogP contribution is -2.47. The van der Waals surface area contributed by atoms with Gasteiger partial charge in [-0.3, -0.25) is 58.0 Å². The lowest BCUT2D eigenvalue weighted by molar-refractivity contribution is -0.145. The number of alkyl halides is 2. The highest BCUT2D eigenvalue weighted by molar-refractivity contribution is 6.08. The van der Waals surface area contributed by atoms with E-state index in [1.807, 2.05) is 0 Å². The SMILES string of the molecule is N#C[C@@H]1CC(F)(F)CN1C(=O)CNC(=O)c1ccnc2ccc(NC(=O)CCC(=O)NCCNC(=O)CC[C@H](C(=O)O)N3CCN(CC(=O)O)CCN(CC(=O)O)CC3)cc12. The first-order valence-corrected chi connectivity index (χ1v) is 19.4.